The number of nitrogens with one attached hydrogen (secondary N) is 1. The van der Waals surface area contributed by atoms with E-state index in [0.717, 1.165) is 24.8 Å². The molecule has 35 heavy (non-hydrogen) atoms. The van der Waals surface area contributed by atoms with E-state index < -0.39 is 18.1 Å². The van der Waals surface area contributed by atoms with Gasteiger partial charge in [-0.05, 0) is 32.4 Å². The van der Waals surface area contributed by atoms with Crippen LogP contribution in [-0.4, -0.2) is 54.5 Å². The van der Waals surface area contributed by atoms with Crippen LogP contribution in [-0.2, 0) is 19.1 Å². The predicted octanol–water partition coefficient (Wildman–Crippen LogP) is 4.94. The predicted molar refractivity (Wildman–Crippen MR) is 137 cm³/mol. The van der Waals surface area contributed by atoms with Gasteiger partial charge >= 0.3 is 5.97 Å². The van der Waals surface area contributed by atoms with Gasteiger partial charge in [0.25, 0.3) is 5.91 Å². The summed E-state index contributed by atoms with van der Waals surface area (Å²) in [6, 6.07) is 6.57. The Balaban J connectivity index is 1.70. The van der Waals surface area contributed by atoms with Crippen LogP contribution in [0.25, 0.3) is 0 Å². The lowest BCUT2D eigenvalue weighted by molar-refractivity contribution is -0.154. The molecule has 1 N–H and O–H groups in total. The molecule has 0 saturated carbocycles. The number of esters is 1. The first-order valence-corrected chi connectivity index (χ1v) is 13.4. The lowest BCUT2D eigenvalue weighted by Crippen LogP contribution is -2.60. The van der Waals surface area contributed by atoms with Gasteiger partial charge in [-0.2, -0.15) is 0 Å². The first kappa shape index (κ1) is 28.7. The highest BCUT2D eigenvalue weighted by Gasteiger charge is 2.37. The second-order valence-corrected chi connectivity index (χ2v) is 9.52. The third-order valence-corrected chi connectivity index (χ3v) is 6.42. The van der Waals surface area contributed by atoms with Gasteiger partial charge in [0.1, 0.15) is 11.8 Å². The molecule has 1 heterocycles. The summed E-state index contributed by atoms with van der Waals surface area (Å²) in [6.45, 7) is 6.91. The van der Waals surface area contributed by atoms with Crippen LogP contribution in [0.3, 0.4) is 0 Å². The Labute approximate surface area is 210 Å². The van der Waals surface area contributed by atoms with Crippen molar-refractivity contribution in [3.63, 3.8) is 0 Å². The summed E-state index contributed by atoms with van der Waals surface area (Å²) < 4.78 is 11.2. The highest BCUT2D eigenvalue weighted by Crippen LogP contribution is 2.17. The Bertz CT molecular complexity index is 780. The molecule has 2 rings (SSSR count). The maximum absolute atomic E-state index is 13.0. The van der Waals surface area contributed by atoms with Crippen molar-refractivity contribution in [1.29, 1.82) is 0 Å². The molecule has 1 aromatic carbocycles. The number of aryl methyl sites for hydroxylation is 1. The number of amides is 2. The van der Waals surface area contributed by atoms with Crippen molar-refractivity contribution in [3.8, 4) is 5.75 Å². The average Bonchev–Trinajstić information content (AvgIpc) is 2.84. The van der Waals surface area contributed by atoms with E-state index in [-0.39, 0.29) is 18.2 Å². The van der Waals surface area contributed by atoms with Gasteiger partial charge in [-0.25, -0.2) is 0 Å². The van der Waals surface area contributed by atoms with Crippen LogP contribution in [0.15, 0.2) is 24.3 Å². The molecule has 2 amide bonds. The number of nitrogens with zero attached hydrogens (tertiary/aromatic N) is 1. The fraction of sp³-hybridized carbons (Fsp3) is 0.679. The van der Waals surface area contributed by atoms with E-state index in [1.807, 2.05) is 31.2 Å². The molecular formula is C28H44N2O5. The van der Waals surface area contributed by atoms with E-state index in [4.69, 9.17) is 9.47 Å². The van der Waals surface area contributed by atoms with E-state index in [2.05, 4.69) is 12.2 Å². The van der Waals surface area contributed by atoms with Crippen molar-refractivity contribution >= 4 is 17.8 Å². The molecule has 2 atom stereocenters. The van der Waals surface area contributed by atoms with E-state index in [1.165, 1.54) is 49.8 Å². The Kier molecular flexibility index (Phi) is 13.2. The summed E-state index contributed by atoms with van der Waals surface area (Å²) in [5, 5.41) is 2.75. The third kappa shape index (κ3) is 10.7. The number of benzene rings is 1. The van der Waals surface area contributed by atoms with Crippen LogP contribution in [0.4, 0.5) is 0 Å². The number of hydrogen-bond acceptors (Lipinski definition) is 5. The van der Waals surface area contributed by atoms with Gasteiger partial charge in [-0.1, -0.05) is 82.4 Å². The van der Waals surface area contributed by atoms with Gasteiger partial charge < -0.3 is 19.7 Å². The van der Waals surface area contributed by atoms with E-state index >= 15 is 0 Å². The molecule has 7 nitrogen and oxygen atoms in total. The van der Waals surface area contributed by atoms with Gasteiger partial charge in [-0.3, -0.25) is 14.4 Å². The van der Waals surface area contributed by atoms with Gasteiger partial charge in [0.2, 0.25) is 5.91 Å². The van der Waals surface area contributed by atoms with Crippen molar-refractivity contribution in [2.75, 3.05) is 19.7 Å². The molecule has 1 aromatic rings. The van der Waals surface area contributed by atoms with Crippen molar-refractivity contribution < 1.29 is 23.9 Å². The monoisotopic (exact) mass is 488 g/mol. The number of carbonyl (C=O) groups is 3. The quantitative estimate of drug-likeness (QED) is 0.263. The maximum atomic E-state index is 13.0. The highest BCUT2D eigenvalue weighted by molar-refractivity contribution is 5.93. The molecule has 0 spiro atoms. The minimum Gasteiger partial charge on any atom is -0.481 e. The van der Waals surface area contributed by atoms with Crippen LogP contribution in [0.1, 0.15) is 90.0 Å². The summed E-state index contributed by atoms with van der Waals surface area (Å²) >= 11 is 0. The maximum Gasteiger partial charge on any atom is 0.308 e. The number of rotatable bonds is 16. The molecule has 0 bridgehead atoms. The minimum absolute atomic E-state index is 0.146. The van der Waals surface area contributed by atoms with E-state index in [1.54, 1.807) is 6.92 Å². The molecule has 1 aliphatic heterocycles. The zero-order valence-electron chi connectivity index (χ0n) is 21.9. The van der Waals surface area contributed by atoms with E-state index in [9.17, 15) is 14.4 Å². The van der Waals surface area contributed by atoms with Gasteiger partial charge in [-0.15, -0.1) is 0 Å². The summed E-state index contributed by atoms with van der Waals surface area (Å²) in [5.41, 5.74) is 1.10. The van der Waals surface area contributed by atoms with Gasteiger partial charge in [0.15, 0.2) is 6.10 Å². The fourth-order valence-corrected chi connectivity index (χ4v) is 4.28. The molecular weight excluding hydrogens is 444 g/mol. The highest BCUT2D eigenvalue weighted by atomic mass is 16.5. The topological polar surface area (TPSA) is 84.9 Å². The van der Waals surface area contributed by atoms with Crippen molar-refractivity contribution in [2.24, 2.45) is 0 Å². The molecule has 0 aliphatic carbocycles. The second kappa shape index (κ2) is 16.2. The van der Waals surface area contributed by atoms with Crippen LogP contribution >= 0.6 is 0 Å². The Hall–Kier alpha value is -2.57. The number of unbranched alkanes of at least 4 members (excludes halogenated alkanes) is 9. The normalized spacial score (nSPS) is 16.5. The number of hydrogen-bond donors (Lipinski definition) is 1. The minimum atomic E-state index is -0.875. The average molecular weight is 489 g/mol. The molecule has 1 saturated heterocycles. The number of ether oxygens (including phenoxy) is 2. The lowest BCUT2D eigenvalue weighted by atomic mass is 10.1. The van der Waals surface area contributed by atoms with Crippen LogP contribution in [0, 0.1) is 6.92 Å². The number of piperazine rings is 1. The molecule has 1 aliphatic rings. The molecule has 0 radical (unpaired) electrons. The Morgan fingerprint density at radius 2 is 1.60 bits per heavy atom. The van der Waals surface area contributed by atoms with Crippen molar-refractivity contribution in [2.45, 2.75) is 104 Å². The van der Waals surface area contributed by atoms with Crippen molar-refractivity contribution in [3.05, 3.63) is 29.8 Å². The van der Waals surface area contributed by atoms with Crippen molar-refractivity contribution in [1.82, 2.24) is 10.2 Å². The lowest BCUT2D eigenvalue weighted by Gasteiger charge is -2.36. The Morgan fingerprint density at radius 1 is 1.00 bits per heavy atom. The summed E-state index contributed by atoms with van der Waals surface area (Å²) in [6.07, 6.45) is 11.2. The summed E-state index contributed by atoms with van der Waals surface area (Å²) in [4.78, 5) is 39.4. The largest absolute Gasteiger partial charge is 0.481 e. The first-order chi connectivity index (χ1) is 16.9. The summed E-state index contributed by atoms with van der Waals surface area (Å²) in [5.74, 6) is -0.505. The zero-order valence-corrected chi connectivity index (χ0v) is 21.9. The van der Waals surface area contributed by atoms with Crippen LogP contribution < -0.4 is 10.1 Å². The molecule has 0 aromatic heterocycles. The standard InChI is InChI=1S/C28H44N2O5/c1-4-5-6-7-8-9-10-11-12-13-20-34-26(31)21-25-27(32)29-18-19-30(25)28(33)23(3)35-24-16-14-22(2)15-17-24/h14-17,23,25H,4-13,18-21H2,1-3H3,(H,29,32). The number of carbonyl (C=O) groups excluding carboxylic acids is 3. The van der Waals surface area contributed by atoms with Crippen LogP contribution in [0.2, 0.25) is 0 Å². The first-order valence-electron chi connectivity index (χ1n) is 13.4. The smallest absolute Gasteiger partial charge is 0.308 e. The molecule has 7 heteroatoms. The Morgan fingerprint density at radius 3 is 2.23 bits per heavy atom. The molecule has 1 fully saturated rings. The summed E-state index contributed by atoms with van der Waals surface area (Å²) in [7, 11) is 0. The van der Waals surface area contributed by atoms with Gasteiger partial charge in [0, 0.05) is 13.1 Å². The molecule has 2 unspecified atom stereocenters. The SMILES string of the molecule is CCCCCCCCCCCCOC(=O)CC1C(=O)NCCN1C(=O)C(C)Oc1ccc(C)cc1. The third-order valence-electron chi connectivity index (χ3n) is 6.42. The zero-order chi connectivity index (χ0) is 25.5. The van der Waals surface area contributed by atoms with Gasteiger partial charge in [0.05, 0.1) is 13.0 Å². The van der Waals surface area contributed by atoms with Crippen LogP contribution in [0.5, 0.6) is 5.75 Å². The van der Waals surface area contributed by atoms with E-state index in [0.29, 0.717) is 25.4 Å². The fourth-order valence-electron chi connectivity index (χ4n) is 4.28. The second-order valence-electron chi connectivity index (χ2n) is 9.52. The molecule has 196 valence electrons.